The molecule has 82 valence electrons. The molecule has 0 radical (unpaired) electrons. The number of benzene rings is 1. The molecule has 3 N–H and O–H groups in total. The Morgan fingerprint density at radius 1 is 1.40 bits per heavy atom. The predicted octanol–water partition coefficient (Wildman–Crippen LogP) is 2.39. The lowest BCUT2D eigenvalue weighted by Gasteiger charge is -2.42. The van der Waals surface area contributed by atoms with Gasteiger partial charge in [0.1, 0.15) is 0 Å². The zero-order valence-corrected chi connectivity index (χ0v) is 9.72. The maximum absolute atomic E-state index is 10.1. The molecule has 0 unspecified atom stereocenters. The molecule has 0 bridgehead atoms. The SMILES string of the molecule is NC1CC(O)(Cc2cc(Cl)ccc2Cl)C1. The van der Waals surface area contributed by atoms with Crippen LogP contribution in [0.2, 0.25) is 10.0 Å². The third-order valence-corrected chi connectivity index (χ3v) is 3.42. The number of halogens is 2. The molecule has 0 saturated heterocycles. The fourth-order valence-electron chi connectivity index (χ4n) is 2.09. The quantitative estimate of drug-likeness (QED) is 0.841. The maximum atomic E-state index is 10.1. The number of hydrogen-bond donors (Lipinski definition) is 2. The highest BCUT2D eigenvalue weighted by atomic mass is 35.5. The lowest BCUT2D eigenvalue weighted by atomic mass is 9.73. The van der Waals surface area contributed by atoms with E-state index in [1.54, 1.807) is 18.2 Å². The second kappa shape index (κ2) is 3.95. The van der Waals surface area contributed by atoms with Gasteiger partial charge in [-0.1, -0.05) is 23.2 Å². The van der Waals surface area contributed by atoms with Crippen LogP contribution in [0.1, 0.15) is 18.4 Å². The molecule has 0 heterocycles. The van der Waals surface area contributed by atoms with Crippen molar-refractivity contribution in [3.63, 3.8) is 0 Å². The van der Waals surface area contributed by atoms with E-state index in [0.717, 1.165) is 5.56 Å². The predicted molar refractivity (Wildman–Crippen MR) is 62.3 cm³/mol. The summed E-state index contributed by atoms with van der Waals surface area (Å²) in [5.74, 6) is 0. The monoisotopic (exact) mass is 245 g/mol. The summed E-state index contributed by atoms with van der Waals surface area (Å²) >= 11 is 11.9. The van der Waals surface area contributed by atoms with E-state index in [-0.39, 0.29) is 6.04 Å². The minimum absolute atomic E-state index is 0.118. The normalized spacial score (nSPS) is 30.0. The summed E-state index contributed by atoms with van der Waals surface area (Å²) < 4.78 is 0. The zero-order valence-electron chi connectivity index (χ0n) is 8.21. The average molecular weight is 246 g/mol. The number of hydrogen-bond acceptors (Lipinski definition) is 2. The first-order chi connectivity index (χ1) is 6.98. The van der Waals surface area contributed by atoms with Crippen LogP contribution < -0.4 is 5.73 Å². The van der Waals surface area contributed by atoms with Crippen LogP contribution in [0.3, 0.4) is 0 Å². The fourth-order valence-corrected chi connectivity index (χ4v) is 2.47. The van der Waals surface area contributed by atoms with E-state index in [1.807, 2.05) is 0 Å². The lowest BCUT2D eigenvalue weighted by Crippen LogP contribution is -2.52. The third kappa shape index (κ3) is 2.45. The van der Waals surface area contributed by atoms with Crippen LogP contribution in [0.5, 0.6) is 0 Å². The van der Waals surface area contributed by atoms with Crippen molar-refractivity contribution >= 4 is 23.2 Å². The molecule has 0 aliphatic heterocycles. The van der Waals surface area contributed by atoms with Crippen LogP contribution in [-0.2, 0) is 6.42 Å². The van der Waals surface area contributed by atoms with E-state index >= 15 is 0 Å². The van der Waals surface area contributed by atoms with Crippen LogP contribution in [0.15, 0.2) is 18.2 Å². The smallest absolute Gasteiger partial charge is 0.0718 e. The third-order valence-electron chi connectivity index (χ3n) is 2.81. The average Bonchev–Trinajstić information content (AvgIpc) is 2.09. The topological polar surface area (TPSA) is 46.2 Å². The van der Waals surface area contributed by atoms with Crippen LogP contribution in [-0.4, -0.2) is 16.7 Å². The Bertz CT molecular complexity index is 375. The summed E-state index contributed by atoms with van der Waals surface area (Å²) in [5.41, 5.74) is 5.86. The Labute approximate surface area is 99.0 Å². The summed E-state index contributed by atoms with van der Waals surface area (Å²) in [5, 5.41) is 11.4. The van der Waals surface area contributed by atoms with Crippen LogP contribution in [0.4, 0.5) is 0 Å². The molecule has 1 aromatic carbocycles. The minimum Gasteiger partial charge on any atom is -0.389 e. The molecule has 1 fully saturated rings. The van der Waals surface area contributed by atoms with Gasteiger partial charge >= 0.3 is 0 Å². The molecular weight excluding hydrogens is 233 g/mol. The molecule has 0 atom stereocenters. The van der Waals surface area contributed by atoms with Gasteiger partial charge in [0, 0.05) is 22.5 Å². The van der Waals surface area contributed by atoms with Crippen molar-refractivity contribution in [2.45, 2.75) is 30.9 Å². The second-order valence-electron chi connectivity index (χ2n) is 4.31. The molecule has 0 amide bonds. The highest BCUT2D eigenvalue weighted by Crippen LogP contribution is 2.36. The minimum atomic E-state index is -0.687. The van der Waals surface area contributed by atoms with Crippen molar-refractivity contribution in [3.8, 4) is 0 Å². The van der Waals surface area contributed by atoms with E-state index in [9.17, 15) is 5.11 Å². The van der Waals surface area contributed by atoms with Gasteiger partial charge in [-0.3, -0.25) is 0 Å². The summed E-state index contributed by atoms with van der Waals surface area (Å²) in [4.78, 5) is 0. The van der Waals surface area contributed by atoms with E-state index in [4.69, 9.17) is 28.9 Å². The lowest BCUT2D eigenvalue weighted by molar-refractivity contribution is -0.0454. The maximum Gasteiger partial charge on any atom is 0.0718 e. The van der Waals surface area contributed by atoms with Gasteiger partial charge in [0.15, 0.2) is 0 Å². The summed E-state index contributed by atoms with van der Waals surface area (Å²) in [6.07, 6.45) is 1.80. The molecule has 4 heteroatoms. The van der Waals surface area contributed by atoms with E-state index < -0.39 is 5.60 Å². The molecule has 1 saturated carbocycles. The molecule has 1 aromatic rings. The molecule has 0 spiro atoms. The van der Waals surface area contributed by atoms with E-state index in [1.165, 1.54) is 0 Å². The molecule has 2 nitrogen and oxygen atoms in total. The highest BCUT2D eigenvalue weighted by Gasteiger charge is 2.40. The van der Waals surface area contributed by atoms with E-state index in [2.05, 4.69) is 0 Å². The van der Waals surface area contributed by atoms with Gasteiger partial charge in [0.25, 0.3) is 0 Å². The van der Waals surface area contributed by atoms with Crippen molar-refractivity contribution in [1.29, 1.82) is 0 Å². The molecular formula is C11H13Cl2NO. The summed E-state index contributed by atoms with van der Waals surface area (Å²) in [6, 6.07) is 5.41. The zero-order chi connectivity index (χ0) is 11.1. The first-order valence-electron chi connectivity index (χ1n) is 4.90. The van der Waals surface area contributed by atoms with Crippen LogP contribution >= 0.6 is 23.2 Å². The van der Waals surface area contributed by atoms with Crippen LogP contribution in [0, 0.1) is 0 Å². The Balaban J connectivity index is 2.14. The van der Waals surface area contributed by atoms with Crippen molar-refractivity contribution in [3.05, 3.63) is 33.8 Å². The van der Waals surface area contributed by atoms with Gasteiger partial charge < -0.3 is 10.8 Å². The largest absolute Gasteiger partial charge is 0.389 e. The van der Waals surface area contributed by atoms with Gasteiger partial charge in [-0.15, -0.1) is 0 Å². The Morgan fingerprint density at radius 2 is 2.07 bits per heavy atom. The van der Waals surface area contributed by atoms with Crippen molar-refractivity contribution in [2.24, 2.45) is 5.73 Å². The first-order valence-corrected chi connectivity index (χ1v) is 5.66. The van der Waals surface area contributed by atoms with E-state index in [0.29, 0.717) is 29.3 Å². The van der Waals surface area contributed by atoms with Crippen molar-refractivity contribution < 1.29 is 5.11 Å². The van der Waals surface area contributed by atoms with Gasteiger partial charge in [-0.25, -0.2) is 0 Å². The number of nitrogens with two attached hydrogens (primary N) is 1. The highest BCUT2D eigenvalue weighted by molar-refractivity contribution is 6.33. The first kappa shape index (κ1) is 11.2. The number of aliphatic hydroxyl groups is 1. The van der Waals surface area contributed by atoms with Gasteiger partial charge in [-0.05, 0) is 36.6 Å². The summed E-state index contributed by atoms with van der Waals surface area (Å²) in [6.45, 7) is 0. The molecule has 1 aliphatic rings. The van der Waals surface area contributed by atoms with Gasteiger partial charge in [-0.2, -0.15) is 0 Å². The molecule has 2 rings (SSSR count). The molecule has 0 aromatic heterocycles. The Hall–Kier alpha value is -0.280. The van der Waals surface area contributed by atoms with Crippen molar-refractivity contribution in [1.82, 2.24) is 0 Å². The fraction of sp³-hybridized carbons (Fsp3) is 0.455. The standard InChI is InChI=1S/C11H13Cl2NO/c12-8-1-2-10(13)7(3-8)4-11(15)5-9(14)6-11/h1-3,9,15H,4-6,14H2. The van der Waals surface area contributed by atoms with Crippen LogP contribution in [0.25, 0.3) is 0 Å². The Kier molecular flexibility index (Phi) is 2.95. The summed E-state index contributed by atoms with van der Waals surface area (Å²) in [7, 11) is 0. The molecule has 1 aliphatic carbocycles. The molecule has 15 heavy (non-hydrogen) atoms. The van der Waals surface area contributed by atoms with Gasteiger partial charge in [0.05, 0.1) is 5.60 Å². The van der Waals surface area contributed by atoms with Gasteiger partial charge in [0.2, 0.25) is 0 Å². The Morgan fingerprint density at radius 3 is 2.67 bits per heavy atom. The van der Waals surface area contributed by atoms with Crippen molar-refractivity contribution in [2.75, 3.05) is 0 Å². The second-order valence-corrected chi connectivity index (χ2v) is 5.15. The number of rotatable bonds is 2.